The molecule has 0 aliphatic carbocycles. The molecule has 0 radical (unpaired) electrons. The van der Waals surface area contributed by atoms with Crippen molar-refractivity contribution in [2.24, 2.45) is 0 Å². The molecular formula is C22H28N2O3. The Morgan fingerprint density at radius 1 is 0.963 bits per heavy atom. The minimum Gasteiger partial charge on any atom is -0.497 e. The minimum absolute atomic E-state index is 0.0766. The number of ether oxygens (including phenoxy) is 2. The van der Waals surface area contributed by atoms with E-state index in [2.05, 4.69) is 29.2 Å². The molecule has 1 aliphatic rings. The van der Waals surface area contributed by atoms with Gasteiger partial charge in [0.25, 0.3) is 5.91 Å². The average molecular weight is 368 g/mol. The maximum Gasteiger partial charge on any atom is 0.263 e. The molecule has 1 amide bonds. The van der Waals surface area contributed by atoms with Crippen LogP contribution in [0.4, 0.5) is 0 Å². The fourth-order valence-corrected chi connectivity index (χ4v) is 3.30. The fraction of sp³-hybridized carbons (Fsp3) is 0.409. The number of nitrogens with zero attached hydrogens (tertiary/aromatic N) is 2. The van der Waals surface area contributed by atoms with Crippen molar-refractivity contribution in [3.8, 4) is 11.5 Å². The highest BCUT2D eigenvalue weighted by atomic mass is 16.5. The number of piperazine rings is 1. The van der Waals surface area contributed by atoms with E-state index in [0.717, 1.165) is 38.5 Å². The Labute approximate surface area is 161 Å². The maximum atomic E-state index is 12.9. The molecule has 2 aromatic carbocycles. The molecule has 0 spiro atoms. The zero-order valence-corrected chi connectivity index (χ0v) is 16.1. The predicted molar refractivity (Wildman–Crippen MR) is 106 cm³/mol. The van der Waals surface area contributed by atoms with Crippen molar-refractivity contribution in [3.05, 3.63) is 60.2 Å². The van der Waals surface area contributed by atoms with Crippen molar-refractivity contribution in [3.63, 3.8) is 0 Å². The molecule has 5 nitrogen and oxygen atoms in total. The SMILES string of the molecule is CC[C@@H](Oc1ccc(OC)cc1)C(=O)N1CCN(Cc2ccccc2)CC1. The number of rotatable bonds is 7. The summed E-state index contributed by atoms with van der Waals surface area (Å²) in [6, 6.07) is 17.8. The Hall–Kier alpha value is -2.53. The van der Waals surface area contributed by atoms with Gasteiger partial charge in [0, 0.05) is 32.7 Å². The summed E-state index contributed by atoms with van der Waals surface area (Å²) in [5.41, 5.74) is 1.31. The number of methoxy groups -OCH3 is 1. The maximum absolute atomic E-state index is 12.9. The van der Waals surface area contributed by atoms with E-state index in [1.165, 1.54) is 5.56 Å². The van der Waals surface area contributed by atoms with Crippen LogP contribution in [0.1, 0.15) is 18.9 Å². The van der Waals surface area contributed by atoms with Gasteiger partial charge in [-0.3, -0.25) is 9.69 Å². The molecule has 0 bridgehead atoms. The number of carbonyl (C=O) groups excluding carboxylic acids is 1. The van der Waals surface area contributed by atoms with E-state index < -0.39 is 6.10 Å². The van der Waals surface area contributed by atoms with Crippen molar-refractivity contribution in [1.29, 1.82) is 0 Å². The first-order valence-electron chi connectivity index (χ1n) is 9.55. The zero-order chi connectivity index (χ0) is 19.1. The highest BCUT2D eigenvalue weighted by molar-refractivity contribution is 5.81. The molecule has 1 fully saturated rings. The molecule has 1 atom stereocenters. The Balaban J connectivity index is 1.52. The first-order chi connectivity index (χ1) is 13.2. The second-order valence-electron chi connectivity index (χ2n) is 6.78. The van der Waals surface area contributed by atoms with Gasteiger partial charge in [0.15, 0.2) is 6.10 Å². The summed E-state index contributed by atoms with van der Waals surface area (Å²) < 4.78 is 11.1. The van der Waals surface area contributed by atoms with E-state index in [1.807, 2.05) is 42.2 Å². The molecule has 0 unspecified atom stereocenters. The van der Waals surface area contributed by atoms with Crippen molar-refractivity contribution < 1.29 is 14.3 Å². The van der Waals surface area contributed by atoms with Crippen LogP contribution in [0.25, 0.3) is 0 Å². The Morgan fingerprint density at radius 2 is 1.59 bits per heavy atom. The van der Waals surface area contributed by atoms with Crippen LogP contribution in [0.3, 0.4) is 0 Å². The van der Waals surface area contributed by atoms with Crippen LogP contribution in [0, 0.1) is 0 Å². The van der Waals surface area contributed by atoms with Crippen LogP contribution in [-0.2, 0) is 11.3 Å². The summed E-state index contributed by atoms with van der Waals surface area (Å²) in [6.07, 6.45) is 0.203. The molecule has 1 heterocycles. The summed E-state index contributed by atoms with van der Waals surface area (Å²) in [7, 11) is 1.63. The van der Waals surface area contributed by atoms with Crippen molar-refractivity contribution in [2.75, 3.05) is 33.3 Å². The molecule has 3 rings (SSSR count). The number of hydrogen-bond donors (Lipinski definition) is 0. The topological polar surface area (TPSA) is 42.0 Å². The van der Waals surface area contributed by atoms with Gasteiger partial charge >= 0.3 is 0 Å². The van der Waals surface area contributed by atoms with E-state index in [4.69, 9.17) is 9.47 Å². The van der Waals surface area contributed by atoms with E-state index in [1.54, 1.807) is 7.11 Å². The summed E-state index contributed by atoms with van der Waals surface area (Å²) in [4.78, 5) is 17.2. The third-order valence-electron chi connectivity index (χ3n) is 4.92. The number of benzene rings is 2. The van der Waals surface area contributed by atoms with Gasteiger partial charge in [-0.15, -0.1) is 0 Å². The highest BCUT2D eigenvalue weighted by Gasteiger charge is 2.27. The van der Waals surface area contributed by atoms with Gasteiger partial charge in [-0.1, -0.05) is 37.3 Å². The zero-order valence-electron chi connectivity index (χ0n) is 16.1. The Bertz CT molecular complexity index is 710. The first-order valence-corrected chi connectivity index (χ1v) is 9.55. The van der Waals surface area contributed by atoms with Crippen LogP contribution >= 0.6 is 0 Å². The van der Waals surface area contributed by atoms with E-state index >= 15 is 0 Å². The van der Waals surface area contributed by atoms with Crippen molar-refractivity contribution in [2.45, 2.75) is 26.0 Å². The standard InChI is InChI=1S/C22H28N2O3/c1-3-21(27-20-11-9-19(26-2)10-12-20)22(25)24-15-13-23(14-16-24)17-18-7-5-4-6-8-18/h4-12,21H,3,13-17H2,1-2H3/t21-/m1/s1. The number of hydrogen-bond acceptors (Lipinski definition) is 4. The molecule has 0 N–H and O–H groups in total. The van der Waals surface area contributed by atoms with Crippen LogP contribution in [0.2, 0.25) is 0 Å². The third-order valence-corrected chi connectivity index (χ3v) is 4.92. The Kier molecular flexibility index (Phi) is 6.71. The summed E-state index contributed by atoms with van der Waals surface area (Å²) >= 11 is 0. The van der Waals surface area contributed by atoms with Crippen molar-refractivity contribution in [1.82, 2.24) is 9.80 Å². The molecule has 0 saturated carbocycles. The first kappa shape index (κ1) is 19.2. The van der Waals surface area contributed by atoms with Crippen LogP contribution < -0.4 is 9.47 Å². The summed E-state index contributed by atoms with van der Waals surface area (Å²) in [5.74, 6) is 1.54. The lowest BCUT2D eigenvalue weighted by atomic mass is 10.1. The molecule has 27 heavy (non-hydrogen) atoms. The van der Waals surface area contributed by atoms with E-state index in [0.29, 0.717) is 12.2 Å². The molecular weight excluding hydrogens is 340 g/mol. The molecule has 2 aromatic rings. The molecule has 0 aromatic heterocycles. The largest absolute Gasteiger partial charge is 0.497 e. The monoisotopic (exact) mass is 368 g/mol. The molecule has 144 valence electrons. The van der Waals surface area contributed by atoms with E-state index in [-0.39, 0.29) is 5.91 Å². The average Bonchev–Trinajstić information content (AvgIpc) is 2.73. The summed E-state index contributed by atoms with van der Waals surface area (Å²) in [5, 5.41) is 0. The normalized spacial score (nSPS) is 16.0. The quantitative estimate of drug-likeness (QED) is 0.753. The van der Waals surface area contributed by atoms with Crippen LogP contribution in [-0.4, -0.2) is 55.1 Å². The van der Waals surface area contributed by atoms with Gasteiger partial charge in [-0.2, -0.15) is 0 Å². The lowest BCUT2D eigenvalue weighted by molar-refractivity contribution is -0.140. The fourth-order valence-electron chi connectivity index (χ4n) is 3.30. The second kappa shape index (κ2) is 9.42. The lowest BCUT2D eigenvalue weighted by Gasteiger charge is -2.36. The Morgan fingerprint density at radius 3 is 2.19 bits per heavy atom. The van der Waals surface area contributed by atoms with Gasteiger partial charge in [0.2, 0.25) is 0 Å². The molecule has 1 saturated heterocycles. The molecule has 5 heteroatoms. The summed E-state index contributed by atoms with van der Waals surface area (Å²) in [6.45, 7) is 6.18. The van der Waals surface area contributed by atoms with Crippen LogP contribution in [0.5, 0.6) is 11.5 Å². The van der Waals surface area contributed by atoms with E-state index in [9.17, 15) is 4.79 Å². The van der Waals surface area contributed by atoms with Gasteiger partial charge < -0.3 is 14.4 Å². The van der Waals surface area contributed by atoms with Gasteiger partial charge in [0.1, 0.15) is 11.5 Å². The highest BCUT2D eigenvalue weighted by Crippen LogP contribution is 2.20. The smallest absolute Gasteiger partial charge is 0.263 e. The molecule has 1 aliphatic heterocycles. The minimum atomic E-state index is -0.445. The van der Waals surface area contributed by atoms with Crippen molar-refractivity contribution >= 4 is 5.91 Å². The van der Waals surface area contributed by atoms with Crippen LogP contribution in [0.15, 0.2) is 54.6 Å². The third kappa shape index (κ3) is 5.23. The number of carbonyl (C=O) groups is 1. The van der Waals surface area contributed by atoms with Gasteiger partial charge in [0.05, 0.1) is 7.11 Å². The lowest BCUT2D eigenvalue weighted by Crippen LogP contribution is -2.52. The second-order valence-corrected chi connectivity index (χ2v) is 6.78. The number of amides is 1. The predicted octanol–water partition coefficient (Wildman–Crippen LogP) is 3.20. The van der Waals surface area contributed by atoms with Gasteiger partial charge in [-0.25, -0.2) is 0 Å². The van der Waals surface area contributed by atoms with Gasteiger partial charge in [-0.05, 0) is 36.2 Å².